The van der Waals surface area contributed by atoms with Crippen molar-refractivity contribution in [2.45, 2.75) is 0 Å². The Morgan fingerprint density at radius 1 is 1.67 bits per heavy atom. The molecule has 0 aliphatic rings. The van der Waals surface area contributed by atoms with Crippen molar-refractivity contribution in [1.29, 1.82) is 0 Å². The predicted molar refractivity (Wildman–Crippen MR) is 25.8 cm³/mol. The Kier molecular flexibility index (Phi) is 6.92. The van der Waals surface area contributed by atoms with Crippen LogP contribution < -0.4 is 0 Å². The van der Waals surface area contributed by atoms with Gasteiger partial charge in [0.05, 0.1) is 6.61 Å². The fraction of sp³-hybridized carbons (Fsp3) is 0.333. The molecule has 0 atom stereocenters. The first kappa shape index (κ1) is 12.1. The molecule has 0 heterocycles. The van der Waals surface area contributed by atoms with Crippen LogP contribution in [0.3, 0.4) is 0 Å². The fourth-order valence-corrected chi connectivity index (χ4v) is 0.394. The number of hydrogen-bond donors (Lipinski definition) is 0. The predicted octanol–water partition coefficient (Wildman–Crippen LogP) is -0.353. The maximum atomic E-state index is 9.56. The molecule has 6 heteroatoms. The molecule has 0 fully saturated rings. The van der Waals surface area contributed by atoms with E-state index in [1.807, 2.05) is 0 Å². The first-order valence-electron chi connectivity index (χ1n) is 1.77. The second-order valence-corrected chi connectivity index (χ2v) is 2.03. The van der Waals surface area contributed by atoms with Gasteiger partial charge in [0.15, 0.2) is 0 Å². The van der Waals surface area contributed by atoms with Gasteiger partial charge in [-0.1, -0.05) is 6.08 Å². The Hall–Kier alpha value is 0.350. The van der Waals surface area contributed by atoms with Crippen LogP contribution in [-0.2, 0) is 37.0 Å². The van der Waals surface area contributed by atoms with Gasteiger partial charge >= 0.3 is 22.4 Å². The summed E-state index contributed by atoms with van der Waals surface area (Å²) in [6, 6.07) is 0. The van der Waals surface area contributed by atoms with Crippen LogP contribution in [-0.4, -0.2) is 19.6 Å². The third-order valence-corrected chi connectivity index (χ3v) is 0.755. The SMILES string of the molecule is C=CCOS(=O)(=O)[O-].[Ag+]. The molecule has 0 aromatic carbocycles. The molecule has 0 saturated carbocycles. The molecular weight excluding hydrogens is 240 g/mol. The monoisotopic (exact) mass is 244 g/mol. The largest absolute Gasteiger partial charge is 1.00 e. The summed E-state index contributed by atoms with van der Waals surface area (Å²) in [5.41, 5.74) is 0. The minimum Gasteiger partial charge on any atom is -0.726 e. The van der Waals surface area contributed by atoms with Crippen molar-refractivity contribution in [3.8, 4) is 0 Å². The van der Waals surface area contributed by atoms with E-state index in [-0.39, 0.29) is 29.0 Å². The first-order valence-corrected chi connectivity index (χ1v) is 3.11. The molecule has 0 aromatic rings. The van der Waals surface area contributed by atoms with Gasteiger partial charge in [-0.05, 0) is 0 Å². The Balaban J connectivity index is 0. The third-order valence-electron chi connectivity index (χ3n) is 0.330. The van der Waals surface area contributed by atoms with Gasteiger partial charge in [0.2, 0.25) is 10.4 Å². The van der Waals surface area contributed by atoms with E-state index in [1.54, 1.807) is 0 Å². The van der Waals surface area contributed by atoms with Gasteiger partial charge in [0.1, 0.15) is 0 Å². The molecule has 0 saturated heterocycles. The Morgan fingerprint density at radius 2 is 2.11 bits per heavy atom. The molecule has 0 aromatic heterocycles. The maximum Gasteiger partial charge on any atom is 1.00 e. The average molecular weight is 245 g/mol. The molecule has 4 nitrogen and oxygen atoms in total. The van der Waals surface area contributed by atoms with Crippen molar-refractivity contribution >= 4 is 10.4 Å². The standard InChI is InChI=1S/C3H6O4S.Ag/c1-2-3-7-8(4,5)6;/h2H,1,3H2,(H,4,5,6);/q;+1/p-1. The summed E-state index contributed by atoms with van der Waals surface area (Å²) >= 11 is 0. The van der Waals surface area contributed by atoms with Crippen LogP contribution in [0.1, 0.15) is 0 Å². The summed E-state index contributed by atoms with van der Waals surface area (Å²) in [6.07, 6.45) is 1.18. The summed E-state index contributed by atoms with van der Waals surface area (Å²) in [5, 5.41) is 0. The molecule has 0 aliphatic heterocycles. The second-order valence-electron chi connectivity index (χ2n) is 0.981. The fourth-order valence-electron chi connectivity index (χ4n) is 0.131. The van der Waals surface area contributed by atoms with Gasteiger partial charge in [-0.2, -0.15) is 0 Å². The normalized spacial score (nSPS) is 9.89. The minimum atomic E-state index is -4.51. The summed E-state index contributed by atoms with van der Waals surface area (Å²) in [6.45, 7) is 2.88. The van der Waals surface area contributed by atoms with Crippen LogP contribution in [0.2, 0.25) is 0 Å². The summed E-state index contributed by atoms with van der Waals surface area (Å²) in [7, 11) is -4.51. The number of rotatable bonds is 3. The Bertz CT molecular complexity index is 161. The smallest absolute Gasteiger partial charge is 0.726 e. The van der Waals surface area contributed by atoms with E-state index in [0.29, 0.717) is 0 Å². The zero-order chi connectivity index (χ0) is 6.62. The third kappa shape index (κ3) is 11.8. The molecule has 58 valence electrons. The van der Waals surface area contributed by atoms with Crippen molar-refractivity contribution in [2.24, 2.45) is 0 Å². The van der Waals surface area contributed by atoms with Crippen LogP contribution in [0.25, 0.3) is 0 Å². The number of hydrogen-bond acceptors (Lipinski definition) is 4. The van der Waals surface area contributed by atoms with E-state index in [4.69, 9.17) is 0 Å². The van der Waals surface area contributed by atoms with E-state index in [1.165, 1.54) is 6.08 Å². The molecule has 0 unspecified atom stereocenters. The van der Waals surface area contributed by atoms with Gasteiger partial charge in [-0.15, -0.1) is 6.58 Å². The summed E-state index contributed by atoms with van der Waals surface area (Å²) in [4.78, 5) is 0. The van der Waals surface area contributed by atoms with Crippen LogP contribution in [0.15, 0.2) is 12.7 Å². The van der Waals surface area contributed by atoms with E-state index < -0.39 is 10.4 Å². The first-order chi connectivity index (χ1) is 3.56. The van der Waals surface area contributed by atoms with E-state index in [0.717, 1.165) is 0 Å². The van der Waals surface area contributed by atoms with Crippen LogP contribution in [0.4, 0.5) is 0 Å². The molecule has 0 aliphatic carbocycles. The molecular formula is C3H5AgO4S. The van der Waals surface area contributed by atoms with Gasteiger partial charge in [-0.25, -0.2) is 8.42 Å². The van der Waals surface area contributed by atoms with Crippen LogP contribution >= 0.6 is 0 Å². The van der Waals surface area contributed by atoms with Gasteiger partial charge in [-0.3, -0.25) is 4.18 Å². The van der Waals surface area contributed by atoms with Crippen molar-refractivity contribution in [1.82, 2.24) is 0 Å². The summed E-state index contributed by atoms with van der Waals surface area (Å²) in [5.74, 6) is 0. The van der Waals surface area contributed by atoms with Crippen molar-refractivity contribution in [3.63, 3.8) is 0 Å². The molecule has 9 heavy (non-hydrogen) atoms. The summed E-state index contributed by atoms with van der Waals surface area (Å²) < 4.78 is 32.4. The zero-order valence-electron chi connectivity index (χ0n) is 4.33. The van der Waals surface area contributed by atoms with Crippen molar-refractivity contribution in [3.05, 3.63) is 12.7 Å². The van der Waals surface area contributed by atoms with E-state index in [9.17, 15) is 13.0 Å². The quantitative estimate of drug-likeness (QED) is 0.295. The maximum absolute atomic E-state index is 9.56. The second kappa shape index (κ2) is 5.16. The Morgan fingerprint density at radius 3 is 2.22 bits per heavy atom. The molecule has 0 spiro atoms. The molecule has 0 radical (unpaired) electrons. The molecule has 0 rings (SSSR count). The molecule has 0 amide bonds. The van der Waals surface area contributed by atoms with Crippen molar-refractivity contribution < 1.29 is 39.5 Å². The van der Waals surface area contributed by atoms with Crippen molar-refractivity contribution in [2.75, 3.05) is 6.61 Å². The van der Waals surface area contributed by atoms with Gasteiger partial charge < -0.3 is 4.55 Å². The van der Waals surface area contributed by atoms with Crippen LogP contribution in [0, 0.1) is 0 Å². The van der Waals surface area contributed by atoms with Crippen LogP contribution in [0.5, 0.6) is 0 Å². The zero-order valence-corrected chi connectivity index (χ0v) is 6.63. The van der Waals surface area contributed by atoms with E-state index in [2.05, 4.69) is 10.8 Å². The Labute approximate surface area is 69.4 Å². The topological polar surface area (TPSA) is 66.4 Å². The minimum absolute atomic E-state index is 0. The molecule has 0 N–H and O–H groups in total. The molecule has 0 bridgehead atoms. The van der Waals surface area contributed by atoms with Gasteiger partial charge in [0.25, 0.3) is 0 Å². The van der Waals surface area contributed by atoms with Gasteiger partial charge in [0, 0.05) is 0 Å². The average Bonchev–Trinajstić information content (AvgIpc) is 1.59. The van der Waals surface area contributed by atoms with E-state index >= 15 is 0 Å².